The molecule has 1 heterocycles. The maximum Gasteiger partial charge on any atom is 0.241 e. The van der Waals surface area contributed by atoms with E-state index in [4.69, 9.17) is 4.74 Å². The monoisotopic (exact) mass is 326 g/mol. The largest absolute Gasteiger partial charge is 0.496 e. The van der Waals surface area contributed by atoms with Gasteiger partial charge in [-0.05, 0) is 50.5 Å². The van der Waals surface area contributed by atoms with Gasteiger partial charge in [-0.2, -0.15) is 4.72 Å². The van der Waals surface area contributed by atoms with E-state index < -0.39 is 16.1 Å². The highest BCUT2D eigenvalue weighted by Crippen LogP contribution is 2.21. The summed E-state index contributed by atoms with van der Waals surface area (Å²) in [5, 5.41) is 0. The molecule has 0 radical (unpaired) electrons. The van der Waals surface area contributed by atoms with Crippen LogP contribution >= 0.6 is 0 Å². The second-order valence-corrected chi connectivity index (χ2v) is 7.22. The number of carbonyl (C=O) groups excluding carboxylic acids is 1. The third kappa shape index (κ3) is 3.59. The van der Waals surface area contributed by atoms with Gasteiger partial charge in [0.25, 0.3) is 0 Å². The van der Waals surface area contributed by atoms with Gasteiger partial charge in [0.05, 0.1) is 18.0 Å². The second kappa shape index (κ2) is 6.66. The molecule has 1 fully saturated rings. The van der Waals surface area contributed by atoms with E-state index in [2.05, 4.69) is 4.72 Å². The number of amides is 1. The average molecular weight is 326 g/mol. The summed E-state index contributed by atoms with van der Waals surface area (Å²) in [6.45, 7) is 4.75. The molecule has 1 saturated heterocycles. The van der Waals surface area contributed by atoms with Crippen molar-refractivity contribution in [3.05, 3.63) is 23.8 Å². The van der Waals surface area contributed by atoms with Crippen molar-refractivity contribution < 1.29 is 17.9 Å². The highest BCUT2D eigenvalue weighted by molar-refractivity contribution is 7.89. The molecular formula is C15H22N2O4S. The number of benzene rings is 1. The van der Waals surface area contributed by atoms with Gasteiger partial charge in [0.15, 0.2) is 0 Å². The van der Waals surface area contributed by atoms with E-state index in [0.29, 0.717) is 18.8 Å². The molecule has 2 rings (SSSR count). The normalized spacial score (nSPS) is 16.6. The maximum absolute atomic E-state index is 12.4. The molecule has 7 heteroatoms. The number of ether oxygens (including phenoxy) is 1. The van der Waals surface area contributed by atoms with Crippen molar-refractivity contribution >= 4 is 15.9 Å². The van der Waals surface area contributed by atoms with Crippen molar-refractivity contribution in [3.63, 3.8) is 0 Å². The van der Waals surface area contributed by atoms with Crippen LogP contribution < -0.4 is 9.46 Å². The molecule has 22 heavy (non-hydrogen) atoms. The number of hydrogen-bond acceptors (Lipinski definition) is 4. The number of aryl methyl sites for hydroxylation is 1. The second-order valence-electron chi connectivity index (χ2n) is 5.51. The lowest BCUT2D eigenvalue weighted by molar-refractivity contribution is -0.131. The van der Waals surface area contributed by atoms with Crippen molar-refractivity contribution in [1.29, 1.82) is 0 Å². The van der Waals surface area contributed by atoms with Crippen molar-refractivity contribution in [3.8, 4) is 5.75 Å². The zero-order valence-corrected chi connectivity index (χ0v) is 13.9. The molecule has 6 nitrogen and oxygen atoms in total. The Morgan fingerprint density at radius 2 is 1.95 bits per heavy atom. The zero-order chi connectivity index (χ0) is 16.3. The smallest absolute Gasteiger partial charge is 0.241 e. The number of nitrogens with zero attached hydrogens (tertiary/aromatic N) is 1. The molecule has 0 aromatic heterocycles. The van der Waals surface area contributed by atoms with Gasteiger partial charge in [-0.25, -0.2) is 8.42 Å². The van der Waals surface area contributed by atoms with Crippen LogP contribution in [-0.4, -0.2) is 45.5 Å². The molecule has 1 aromatic rings. The molecule has 1 N–H and O–H groups in total. The predicted molar refractivity (Wildman–Crippen MR) is 83.3 cm³/mol. The Bertz CT molecular complexity index is 652. The van der Waals surface area contributed by atoms with Crippen LogP contribution in [0.4, 0.5) is 0 Å². The molecule has 0 aliphatic carbocycles. The minimum absolute atomic E-state index is 0.131. The first-order valence-corrected chi connectivity index (χ1v) is 8.79. The van der Waals surface area contributed by atoms with E-state index in [1.807, 2.05) is 0 Å². The summed E-state index contributed by atoms with van der Waals surface area (Å²) < 4.78 is 32.4. The molecule has 0 unspecified atom stereocenters. The quantitative estimate of drug-likeness (QED) is 0.885. The minimum Gasteiger partial charge on any atom is -0.496 e. The van der Waals surface area contributed by atoms with Gasteiger partial charge in [0.2, 0.25) is 15.9 Å². The number of carbonyl (C=O) groups is 1. The summed E-state index contributed by atoms with van der Waals surface area (Å²) in [5.41, 5.74) is 0.726. The van der Waals surface area contributed by atoms with Crippen LogP contribution in [0.5, 0.6) is 5.75 Å². The van der Waals surface area contributed by atoms with E-state index in [-0.39, 0.29) is 10.8 Å². The molecule has 0 saturated carbocycles. The number of nitrogens with one attached hydrogen (secondary N) is 1. The standard InChI is InChI=1S/C15H22N2O4S/c1-11-10-13(6-7-14(11)21-3)22(19,20)16-12(2)15(18)17-8-4-5-9-17/h6-7,10,12,16H,4-5,8-9H2,1-3H3/t12-/m1/s1. The molecule has 1 aliphatic rings. The minimum atomic E-state index is -3.73. The fraction of sp³-hybridized carbons (Fsp3) is 0.533. The molecule has 1 aliphatic heterocycles. The van der Waals surface area contributed by atoms with Crippen LogP contribution in [0.25, 0.3) is 0 Å². The zero-order valence-electron chi connectivity index (χ0n) is 13.1. The predicted octanol–water partition coefficient (Wildman–Crippen LogP) is 1.29. The average Bonchev–Trinajstić information content (AvgIpc) is 3.00. The number of rotatable bonds is 5. The summed E-state index contributed by atoms with van der Waals surface area (Å²) in [7, 11) is -2.20. The lowest BCUT2D eigenvalue weighted by Crippen LogP contribution is -2.45. The molecule has 1 aromatic carbocycles. The van der Waals surface area contributed by atoms with Crippen molar-refractivity contribution in [2.45, 2.75) is 37.6 Å². The fourth-order valence-electron chi connectivity index (χ4n) is 2.58. The number of hydrogen-bond donors (Lipinski definition) is 1. The molecule has 0 spiro atoms. The van der Waals surface area contributed by atoms with Crippen LogP contribution in [0.3, 0.4) is 0 Å². The Balaban J connectivity index is 2.13. The Hall–Kier alpha value is -1.60. The van der Waals surface area contributed by atoms with Gasteiger partial charge in [-0.15, -0.1) is 0 Å². The first kappa shape index (κ1) is 16.8. The Morgan fingerprint density at radius 3 is 2.50 bits per heavy atom. The van der Waals surface area contributed by atoms with E-state index in [9.17, 15) is 13.2 Å². The summed E-state index contributed by atoms with van der Waals surface area (Å²) in [6, 6.07) is 3.84. The van der Waals surface area contributed by atoms with Crippen LogP contribution in [0.2, 0.25) is 0 Å². The number of likely N-dealkylation sites (tertiary alicyclic amines) is 1. The van der Waals surface area contributed by atoms with Gasteiger partial charge >= 0.3 is 0 Å². The number of sulfonamides is 1. The third-order valence-corrected chi connectivity index (χ3v) is 5.34. The van der Waals surface area contributed by atoms with Gasteiger partial charge in [0, 0.05) is 13.1 Å². The first-order valence-electron chi connectivity index (χ1n) is 7.31. The van der Waals surface area contributed by atoms with Gasteiger partial charge in [-0.3, -0.25) is 4.79 Å². The highest BCUT2D eigenvalue weighted by Gasteiger charge is 2.27. The van der Waals surface area contributed by atoms with E-state index in [1.54, 1.807) is 24.8 Å². The SMILES string of the molecule is COc1ccc(S(=O)(=O)N[C@H](C)C(=O)N2CCCC2)cc1C. The van der Waals surface area contributed by atoms with Crippen molar-refractivity contribution in [1.82, 2.24) is 9.62 Å². The van der Waals surface area contributed by atoms with Crippen LogP contribution in [0.15, 0.2) is 23.1 Å². The Morgan fingerprint density at radius 1 is 1.32 bits per heavy atom. The third-order valence-electron chi connectivity index (χ3n) is 3.80. The topological polar surface area (TPSA) is 75.7 Å². The molecule has 1 amide bonds. The number of methoxy groups -OCH3 is 1. The van der Waals surface area contributed by atoms with Gasteiger partial charge in [-0.1, -0.05) is 0 Å². The van der Waals surface area contributed by atoms with E-state index >= 15 is 0 Å². The van der Waals surface area contributed by atoms with Gasteiger partial charge < -0.3 is 9.64 Å². The Labute approximate surface area is 131 Å². The summed E-state index contributed by atoms with van der Waals surface area (Å²) >= 11 is 0. The fourth-order valence-corrected chi connectivity index (χ4v) is 3.86. The first-order chi connectivity index (χ1) is 10.3. The molecule has 1 atom stereocenters. The highest BCUT2D eigenvalue weighted by atomic mass is 32.2. The molecule has 122 valence electrons. The molecular weight excluding hydrogens is 304 g/mol. The van der Waals surface area contributed by atoms with Crippen LogP contribution in [-0.2, 0) is 14.8 Å². The van der Waals surface area contributed by atoms with Crippen LogP contribution in [0, 0.1) is 6.92 Å². The summed E-state index contributed by atoms with van der Waals surface area (Å²) in [6.07, 6.45) is 1.95. The summed E-state index contributed by atoms with van der Waals surface area (Å²) in [5.74, 6) is 0.450. The summed E-state index contributed by atoms with van der Waals surface area (Å²) in [4.78, 5) is 14.0. The lowest BCUT2D eigenvalue weighted by atomic mass is 10.2. The lowest BCUT2D eigenvalue weighted by Gasteiger charge is -2.21. The van der Waals surface area contributed by atoms with E-state index in [1.165, 1.54) is 19.2 Å². The molecule has 0 bridgehead atoms. The maximum atomic E-state index is 12.4. The van der Waals surface area contributed by atoms with Gasteiger partial charge in [0.1, 0.15) is 5.75 Å². The van der Waals surface area contributed by atoms with E-state index in [0.717, 1.165) is 18.4 Å². The Kier molecular flexibility index (Phi) is 5.08. The van der Waals surface area contributed by atoms with Crippen molar-refractivity contribution in [2.24, 2.45) is 0 Å². The van der Waals surface area contributed by atoms with Crippen LogP contribution in [0.1, 0.15) is 25.3 Å². The van der Waals surface area contributed by atoms with Crippen molar-refractivity contribution in [2.75, 3.05) is 20.2 Å².